The van der Waals surface area contributed by atoms with Gasteiger partial charge in [-0.1, -0.05) is 42.5 Å². The fourth-order valence-corrected chi connectivity index (χ4v) is 5.04. The van der Waals surface area contributed by atoms with Crippen LogP contribution in [0.3, 0.4) is 0 Å². The molecule has 1 unspecified atom stereocenters. The number of piperazine rings is 1. The van der Waals surface area contributed by atoms with Crippen molar-refractivity contribution in [3.63, 3.8) is 0 Å². The van der Waals surface area contributed by atoms with Crippen LogP contribution in [0.25, 0.3) is 0 Å². The predicted octanol–water partition coefficient (Wildman–Crippen LogP) is 4.07. The van der Waals surface area contributed by atoms with Crippen LogP contribution in [0, 0.1) is 18.3 Å². The topological polar surface area (TPSA) is 69.5 Å². The van der Waals surface area contributed by atoms with Crippen LogP contribution in [0.5, 0.6) is 5.75 Å². The van der Waals surface area contributed by atoms with E-state index >= 15 is 0 Å². The van der Waals surface area contributed by atoms with E-state index < -0.39 is 0 Å². The summed E-state index contributed by atoms with van der Waals surface area (Å²) in [4.78, 5) is 22.5. The Bertz CT molecular complexity index is 1100. The number of aromatic nitrogens is 1. The third kappa shape index (κ3) is 4.82. The van der Waals surface area contributed by atoms with Gasteiger partial charge in [0.25, 0.3) is 5.91 Å². The van der Waals surface area contributed by atoms with Gasteiger partial charge in [-0.3, -0.25) is 9.69 Å². The Balaban J connectivity index is 1.39. The Labute approximate surface area is 192 Å². The van der Waals surface area contributed by atoms with Gasteiger partial charge in [0, 0.05) is 32.6 Å². The zero-order chi connectivity index (χ0) is 22.5. The van der Waals surface area contributed by atoms with E-state index in [0.717, 1.165) is 33.3 Å². The number of hydrogen-bond donors (Lipinski definition) is 0. The second kappa shape index (κ2) is 9.94. The number of nitriles is 1. The van der Waals surface area contributed by atoms with Gasteiger partial charge >= 0.3 is 0 Å². The van der Waals surface area contributed by atoms with E-state index in [4.69, 9.17) is 4.74 Å². The van der Waals surface area contributed by atoms with Gasteiger partial charge in [0.2, 0.25) is 0 Å². The maximum absolute atomic E-state index is 13.2. The van der Waals surface area contributed by atoms with Crippen LogP contribution in [0.4, 0.5) is 0 Å². The highest BCUT2D eigenvalue weighted by Gasteiger charge is 2.29. The molecule has 1 saturated heterocycles. The average molecular weight is 447 g/mol. The summed E-state index contributed by atoms with van der Waals surface area (Å²) in [5.41, 5.74) is 2.92. The van der Waals surface area contributed by atoms with E-state index in [-0.39, 0.29) is 11.9 Å². The number of nitrogens with zero attached hydrogens (tertiary/aromatic N) is 4. The first-order valence-electron chi connectivity index (χ1n) is 10.7. The van der Waals surface area contributed by atoms with Crippen molar-refractivity contribution < 1.29 is 9.53 Å². The molecule has 1 atom stereocenters. The van der Waals surface area contributed by atoms with Crippen molar-refractivity contribution >= 4 is 17.2 Å². The van der Waals surface area contributed by atoms with Crippen LogP contribution < -0.4 is 4.74 Å². The zero-order valence-corrected chi connectivity index (χ0v) is 19.1. The van der Waals surface area contributed by atoms with Crippen molar-refractivity contribution in [1.29, 1.82) is 5.26 Å². The zero-order valence-electron chi connectivity index (χ0n) is 18.3. The van der Waals surface area contributed by atoms with Crippen LogP contribution in [-0.2, 0) is 6.42 Å². The van der Waals surface area contributed by atoms with Gasteiger partial charge in [-0.25, -0.2) is 4.98 Å². The minimum absolute atomic E-state index is 0.0388. The van der Waals surface area contributed by atoms with E-state index in [1.54, 1.807) is 7.11 Å². The second-order valence-electron chi connectivity index (χ2n) is 7.82. The molecule has 0 aliphatic carbocycles. The molecule has 0 N–H and O–H groups in total. The van der Waals surface area contributed by atoms with Gasteiger partial charge in [-0.2, -0.15) is 5.26 Å². The summed E-state index contributed by atoms with van der Waals surface area (Å²) in [6, 6.07) is 19.9. The summed E-state index contributed by atoms with van der Waals surface area (Å²) in [5, 5.41) is 10.7. The molecule has 164 valence electrons. The molecular weight excluding hydrogens is 420 g/mol. The van der Waals surface area contributed by atoms with Gasteiger partial charge in [0.15, 0.2) is 0 Å². The number of hydrogen-bond acceptors (Lipinski definition) is 6. The largest absolute Gasteiger partial charge is 0.497 e. The molecule has 6 nitrogen and oxygen atoms in total. The molecule has 1 aliphatic heterocycles. The maximum Gasteiger partial charge on any atom is 0.265 e. The summed E-state index contributed by atoms with van der Waals surface area (Å²) in [6.07, 6.45) is 0.735. The number of aryl methyl sites for hydroxylation is 1. The lowest BCUT2D eigenvalue weighted by Crippen LogP contribution is -2.49. The van der Waals surface area contributed by atoms with Gasteiger partial charge < -0.3 is 9.64 Å². The average Bonchev–Trinajstić information content (AvgIpc) is 3.20. The van der Waals surface area contributed by atoms with E-state index in [9.17, 15) is 10.1 Å². The molecule has 1 aliphatic rings. The fourth-order valence-electron chi connectivity index (χ4n) is 3.98. The standard InChI is InChI=1S/C25H26N4O2S/c1-18-24(32-23(27-18)16-19-6-4-3-5-7-19)25(30)29-14-12-28(13-15-29)22(17-26)20-8-10-21(31-2)11-9-20/h3-11,22H,12-16H2,1-2H3. The Hall–Kier alpha value is -3.21. The number of rotatable bonds is 6. The molecule has 7 heteroatoms. The Morgan fingerprint density at radius 2 is 1.81 bits per heavy atom. The SMILES string of the molecule is COc1ccc(C(C#N)N2CCN(C(=O)c3sc(Cc4ccccc4)nc3C)CC2)cc1. The molecule has 32 heavy (non-hydrogen) atoms. The lowest BCUT2D eigenvalue weighted by atomic mass is 10.1. The van der Waals surface area contributed by atoms with Crippen LogP contribution >= 0.6 is 11.3 Å². The molecule has 0 saturated carbocycles. The van der Waals surface area contributed by atoms with Crippen LogP contribution in [-0.4, -0.2) is 54.0 Å². The lowest BCUT2D eigenvalue weighted by molar-refractivity contribution is 0.0610. The molecule has 0 radical (unpaired) electrons. The molecular formula is C25H26N4O2S. The van der Waals surface area contributed by atoms with Gasteiger partial charge in [-0.15, -0.1) is 11.3 Å². The first-order chi connectivity index (χ1) is 15.6. The van der Waals surface area contributed by atoms with Gasteiger partial charge in [-0.05, 0) is 30.2 Å². The smallest absolute Gasteiger partial charge is 0.265 e. The number of carbonyl (C=O) groups is 1. The number of ether oxygens (including phenoxy) is 1. The summed E-state index contributed by atoms with van der Waals surface area (Å²) in [6.45, 7) is 4.41. The molecule has 2 aromatic carbocycles. The first-order valence-corrected chi connectivity index (χ1v) is 11.5. The van der Waals surface area contributed by atoms with E-state index in [2.05, 4.69) is 28.1 Å². The Morgan fingerprint density at radius 3 is 2.44 bits per heavy atom. The molecule has 0 bridgehead atoms. The molecule has 1 amide bonds. The third-order valence-electron chi connectivity index (χ3n) is 5.75. The van der Waals surface area contributed by atoms with Crippen molar-refractivity contribution in [3.8, 4) is 11.8 Å². The summed E-state index contributed by atoms with van der Waals surface area (Å²) in [7, 11) is 1.63. The number of benzene rings is 2. The molecule has 2 heterocycles. The van der Waals surface area contributed by atoms with Crippen molar-refractivity contribution in [3.05, 3.63) is 81.3 Å². The van der Waals surface area contributed by atoms with E-state index in [1.807, 2.05) is 54.3 Å². The van der Waals surface area contributed by atoms with Gasteiger partial charge in [0.1, 0.15) is 16.7 Å². The molecule has 3 aromatic rings. The molecule has 1 fully saturated rings. The van der Waals surface area contributed by atoms with Crippen molar-refractivity contribution in [2.24, 2.45) is 0 Å². The normalized spacial score (nSPS) is 15.2. The van der Waals surface area contributed by atoms with Crippen LogP contribution in [0.15, 0.2) is 54.6 Å². The Kier molecular flexibility index (Phi) is 6.84. The van der Waals surface area contributed by atoms with E-state index in [0.29, 0.717) is 26.2 Å². The van der Waals surface area contributed by atoms with Crippen molar-refractivity contribution in [2.45, 2.75) is 19.4 Å². The quantitative estimate of drug-likeness (QED) is 0.571. The molecule has 4 rings (SSSR count). The molecule has 0 spiro atoms. The maximum atomic E-state index is 13.2. The summed E-state index contributed by atoms with van der Waals surface area (Å²) in [5.74, 6) is 0.810. The highest BCUT2D eigenvalue weighted by Crippen LogP contribution is 2.26. The third-order valence-corrected chi connectivity index (χ3v) is 6.90. The minimum Gasteiger partial charge on any atom is -0.497 e. The number of methoxy groups -OCH3 is 1. The van der Waals surface area contributed by atoms with Crippen molar-refractivity contribution in [1.82, 2.24) is 14.8 Å². The highest BCUT2D eigenvalue weighted by atomic mass is 32.1. The first kappa shape index (κ1) is 22.0. The highest BCUT2D eigenvalue weighted by molar-refractivity contribution is 7.13. The monoisotopic (exact) mass is 446 g/mol. The van der Waals surface area contributed by atoms with Gasteiger partial charge in [0.05, 0.1) is 23.9 Å². The van der Waals surface area contributed by atoms with Crippen molar-refractivity contribution in [2.75, 3.05) is 33.3 Å². The van der Waals surface area contributed by atoms with E-state index in [1.165, 1.54) is 16.9 Å². The van der Waals surface area contributed by atoms with Crippen LogP contribution in [0.2, 0.25) is 0 Å². The second-order valence-corrected chi connectivity index (χ2v) is 8.90. The number of amides is 1. The number of thiazole rings is 1. The Morgan fingerprint density at radius 1 is 1.12 bits per heavy atom. The summed E-state index contributed by atoms with van der Waals surface area (Å²) >= 11 is 1.49. The predicted molar refractivity (Wildman–Crippen MR) is 125 cm³/mol. The van der Waals surface area contributed by atoms with Crippen LogP contribution in [0.1, 0.15) is 37.5 Å². The molecule has 1 aromatic heterocycles. The fraction of sp³-hybridized carbons (Fsp3) is 0.320. The number of carbonyl (C=O) groups excluding carboxylic acids is 1. The lowest BCUT2D eigenvalue weighted by Gasteiger charge is -2.36. The minimum atomic E-state index is -0.333. The summed E-state index contributed by atoms with van der Waals surface area (Å²) < 4.78 is 5.21.